The van der Waals surface area contributed by atoms with E-state index in [9.17, 15) is 8.42 Å². The fourth-order valence-electron chi connectivity index (χ4n) is 2.36. The van der Waals surface area contributed by atoms with Gasteiger partial charge in [-0.2, -0.15) is 0 Å². The van der Waals surface area contributed by atoms with E-state index in [1.807, 2.05) is 60.7 Å². The van der Waals surface area contributed by atoms with Gasteiger partial charge in [0.25, 0.3) is 0 Å². The van der Waals surface area contributed by atoms with Crippen LogP contribution in [0.2, 0.25) is 0 Å². The highest BCUT2D eigenvalue weighted by molar-refractivity contribution is 7.88. The average Bonchev–Trinajstić information content (AvgIpc) is 2.52. The number of nitrogens with one attached hydrogen (secondary N) is 1. The second-order valence-corrected chi connectivity index (χ2v) is 6.98. The second-order valence-electron chi connectivity index (χ2n) is 5.14. The van der Waals surface area contributed by atoms with Crippen LogP contribution in [0.1, 0.15) is 5.56 Å². The van der Waals surface area contributed by atoms with Gasteiger partial charge in [-0.3, -0.25) is 0 Å². The maximum Gasteiger partial charge on any atom is 0.209 e. The van der Waals surface area contributed by atoms with E-state index < -0.39 is 10.0 Å². The molecule has 3 rings (SSSR count). The third kappa shape index (κ3) is 3.32. The van der Waals surface area contributed by atoms with Gasteiger partial charge in [0.15, 0.2) is 0 Å². The van der Waals surface area contributed by atoms with Crippen LogP contribution >= 0.6 is 0 Å². The van der Waals surface area contributed by atoms with Crippen LogP contribution in [0.15, 0.2) is 60.7 Å². The summed E-state index contributed by atoms with van der Waals surface area (Å²) in [6.45, 7) is 0.252. The number of benzene rings is 2. The number of para-hydroxylation sites is 1. The summed E-state index contributed by atoms with van der Waals surface area (Å²) in [6.07, 6.45) is 1.16. The van der Waals surface area contributed by atoms with Gasteiger partial charge in [-0.05, 0) is 17.7 Å². The van der Waals surface area contributed by atoms with Gasteiger partial charge < -0.3 is 0 Å². The van der Waals surface area contributed by atoms with Gasteiger partial charge in [0.2, 0.25) is 10.0 Å². The van der Waals surface area contributed by atoms with Gasteiger partial charge in [-0.25, -0.2) is 18.1 Å². The number of rotatable bonds is 4. The summed E-state index contributed by atoms with van der Waals surface area (Å²) in [5.41, 5.74) is 3.61. The smallest absolute Gasteiger partial charge is 0.209 e. The largest absolute Gasteiger partial charge is 0.248 e. The van der Waals surface area contributed by atoms with E-state index in [1.165, 1.54) is 0 Å². The summed E-state index contributed by atoms with van der Waals surface area (Å²) < 4.78 is 25.3. The number of hydrogen-bond acceptors (Lipinski definition) is 3. The summed E-state index contributed by atoms with van der Waals surface area (Å²) in [6, 6.07) is 19.5. The molecule has 0 saturated carbocycles. The number of pyridine rings is 1. The third-order valence-corrected chi connectivity index (χ3v) is 4.06. The zero-order valence-corrected chi connectivity index (χ0v) is 13.0. The summed E-state index contributed by atoms with van der Waals surface area (Å²) in [4.78, 5) is 4.67. The first kappa shape index (κ1) is 14.7. The number of fused-ring (bicyclic) bond motifs is 1. The maximum atomic E-state index is 11.4. The topological polar surface area (TPSA) is 59.1 Å². The highest BCUT2D eigenvalue weighted by Crippen LogP contribution is 2.24. The van der Waals surface area contributed by atoms with E-state index in [4.69, 9.17) is 0 Å². The molecule has 0 bridgehead atoms. The molecule has 112 valence electrons. The van der Waals surface area contributed by atoms with Crippen LogP contribution in [0.5, 0.6) is 0 Å². The predicted molar refractivity (Wildman–Crippen MR) is 88.9 cm³/mol. The minimum Gasteiger partial charge on any atom is -0.248 e. The molecule has 4 nitrogen and oxygen atoms in total. The highest BCUT2D eigenvalue weighted by atomic mass is 32.2. The molecule has 2 aromatic carbocycles. The van der Waals surface area contributed by atoms with Crippen LogP contribution in [-0.4, -0.2) is 19.7 Å². The quantitative estimate of drug-likeness (QED) is 0.806. The van der Waals surface area contributed by atoms with Crippen molar-refractivity contribution in [2.24, 2.45) is 0 Å². The maximum absolute atomic E-state index is 11.4. The molecule has 0 aliphatic rings. The van der Waals surface area contributed by atoms with E-state index in [1.54, 1.807) is 0 Å². The molecule has 1 heterocycles. The van der Waals surface area contributed by atoms with Crippen molar-refractivity contribution in [3.8, 4) is 11.3 Å². The summed E-state index contributed by atoms with van der Waals surface area (Å²) in [5, 5.41) is 0.957. The Hall–Kier alpha value is -2.24. The molecule has 3 aromatic rings. The Morgan fingerprint density at radius 2 is 1.68 bits per heavy atom. The first-order valence-corrected chi connectivity index (χ1v) is 8.81. The van der Waals surface area contributed by atoms with Gasteiger partial charge in [0.05, 0.1) is 17.5 Å². The van der Waals surface area contributed by atoms with Crippen molar-refractivity contribution in [2.45, 2.75) is 6.54 Å². The lowest BCUT2D eigenvalue weighted by Crippen LogP contribution is -2.21. The SMILES string of the molecule is CS(=O)(=O)NCc1cc(-c2ccccc2)nc2ccccc12. The second kappa shape index (κ2) is 5.87. The minimum atomic E-state index is -3.24. The Morgan fingerprint density at radius 3 is 2.41 bits per heavy atom. The van der Waals surface area contributed by atoms with Crippen LogP contribution in [0.25, 0.3) is 22.2 Å². The molecule has 0 aliphatic carbocycles. The zero-order valence-electron chi connectivity index (χ0n) is 12.2. The molecule has 0 spiro atoms. The molecule has 0 fully saturated rings. The number of hydrogen-bond donors (Lipinski definition) is 1. The fraction of sp³-hybridized carbons (Fsp3) is 0.118. The van der Waals surface area contributed by atoms with Gasteiger partial charge in [0, 0.05) is 17.5 Å². The van der Waals surface area contributed by atoms with E-state index in [0.29, 0.717) is 0 Å². The minimum absolute atomic E-state index is 0.252. The van der Waals surface area contributed by atoms with Crippen LogP contribution in [0, 0.1) is 0 Å². The van der Waals surface area contributed by atoms with E-state index in [2.05, 4.69) is 9.71 Å². The molecule has 0 amide bonds. The Balaban J connectivity index is 2.12. The standard InChI is InChI=1S/C17H16N2O2S/c1-22(20,21)18-12-14-11-17(13-7-3-2-4-8-13)19-16-10-6-5-9-15(14)16/h2-11,18H,12H2,1H3. The lowest BCUT2D eigenvalue weighted by atomic mass is 10.0. The van der Waals surface area contributed by atoms with Gasteiger partial charge >= 0.3 is 0 Å². The van der Waals surface area contributed by atoms with Crippen molar-refractivity contribution < 1.29 is 8.42 Å². The van der Waals surface area contributed by atoms with E-state index in [0.717, 1.165) is 34.0 Å². The molecular formula is C17H16N2O2S. The predicted octanol–water partition coefficient (Wildman–Crippen LogP) is 2.95. The number of aromatic nitrogens is 1. The number of sulfonamides is 1. The molecule has 0 aliphatic heterocycles. The molecule has 5 heteroatoms. The molecule has 1 aromatic heterocycles. The summed E-state index contributed by atoms with van der Waals surface area (Å²) >= 11 is 0. The molecule has 0 radical (unpaired) electrons. The van der Waals surface area contributed by atoms with Crippen molar-refractivity contribution in [3.05, 3.63) is 66.2 Å². The fourth-order valence-corrected chi connectivity index (χ4v) is 2.78. The molecule has 22 heavy (non-hydrogen) atoms. The highest BCUT2D eigenvalue weighted by Gasteiger charge is 2.09. The van der Waals surface area contributed by atoms with Crippen molar-refractivity contribution in [3.63, 3.8) is 0 Å². The third-order valence-electron chi connectivity index (χ3n) is 3.40. The summed E-state index contributed by atoms with van der Waals surface area (Å²) in [5.74, 6) is 0. The molecule has 0 unspecified atom stereocenters. The van der Waals surface area contributed by atoms with Crippen molar-refractivity contribution in [1.82, 2.24) is 9.71 Å². The normalized spacial score (nSPS) is 11.7. The Morgan fingerprint density at radius 1 is 1.00 bits per heavy atom. The Bertz CT molecular complexity index is 906. The lowest BCUT2D eigenvalue weighted by molar-refractivity contribution is 0.588. The first-order chi connectivity index (χ1) is 10.5. The van der Waals surface area contributed by atoms with Crippen molar-refractivity contribution >= 4 is 20.9 Å². The van der Waals surface area contributed by atoms with Crippen LogP contribution in [0.4, 0.5) is 0 Å². The van der Waals surface area contributed by atoms with Crippen LogP contribution < -0.4 is 4.72 Å². The van der Waals surface area contributed by atoms with Crippen molar-refractivity contribution in [2.75, 3.05) is 6.26 Å². The van der Waals surface area contributed by atoms with Crippen LogP contribution in [-0.2, 0) is 16.6 Å². The summed E-state index contributed by atoms with van der Waals surface area (Å²) in [7, 11) is -3.24. The first-order valence-electron chi connectivity index (χ1n) is 6.92. The van der Waals surface area contributed by atoms with Gasteiger partial charge in [-0.15, -0.1) is 0 Å². The Kier molecular flexibility index (Phi) is 3.92. The molecular weight excluding hydrogens is 296 g/mol. The lowest BCUT2D eigenvalue weighted by Gasteiger charge is -2.10. The monoisotopic (exact) mass is 312 g/mol. The zero-order chi connectivity index (χ0) is 15.6. The van der Waals surface area contributed by atoms with E-state index >= 15 is 0 Å². The van der Waals surface area contributed by atoms with E-state index in [-0.39, 0.29) is 6.54 Å². The van der Waals surface area contributed by atoms with Crippen LogP contribution in [0.3, 0.4) is 0 Å². The molecule has 1 N–H and O–H groups in total. The molecule has 0 atom stereocenters. The van der Waals surface area contributed by atoms with Crippen molar-refractivity contribution in [1.29, 1.82) is 0 Å². The van der Waals surface area contributed by atoms with Gasteiger partial charge in [0.1, 0.15) is 0 Å². The number of nitrogens with zero attached hydrogens (tertiary/aromatic N) is 1. The average molecular weight is 312 g/mol. The Labute approximate surface area is 129 Å². The van der Waals surface area contributed by atoms with Gasteiger partial charge in [-0.1, -0.05) is 48.5 Å². The molecule has 0 saturated heterocycles.